The van der Waals surface area contributed by atoms with Gasteiger partial charge in [0.2, 0.25) is 5.91 Å². The van der Waals surface area contributed by atoms with Gasteiger partial charge in [0, 0.05) is 16.9 Å². The summed E-state index contributed by atoms with van der Waals surface area (Å²) in [5, 5.41) is 3.79. The third-order valence-corrected chi connectivity index (χ3v) is 10.3. The van der Waals surface area contributed by atoms with Gasteiger partial charge in [-0.1, -0.05) is 127 Å². The van der Waals surface area contributed by atoms with Crippen LogP contribution >= 0.6 is 0 Å². The Balaban J connectivity index is 1.40. The summed E-state index contributed by atoms with van der Waals surface area (Å²) in [6.45, 7) is 4.23. The molecule has 0 saturated carbocycles. The molecule has 0 radical (unpaired) electrons. The predicted molar refractivity (Wildman–Crippen MR) is 183 cm³/mol. The normalized spacial score (nSPS) is 24.3. The summed E-state index contributed by atoms with van der Waals surface area (Å²) in [4.78, 5) is 48.9. The molecular formula is C41H35N3O3. The van der Waals surface area contributed by atoms with Crippen LogP contribution < -0.4 is 15.1 Å². The van der Waals surface area contributed by atoms with E-state index in [0.29, 0.717) is 13.1 Å². The Hall–Kier alpha value is -5.33. The van der Waals surface area contributed by atoms with Crippen molar-refractivity contribution in [2.24, 2.45) is 5.92 Å². The summed E-state index contributed by atoms with van der Waals surface area (Å²) in [6, 6.07) is 42.7. The van der Waals surface area contributed by atoms with Crippen LogP contribution in [-0.2, 0) is 38.4 Å². The highest BCUT2D eigenvalue weighted by Gasteiger charge is 2.76. The van der Waals surface area contributed by atoms with E-state index in [0.717, 1.165) is 44.8 Å². The number of hydrogen-bond acceptors (Lipinski definition) is 4. The third-order valence-electron chi connectivity index (χ3n) is 10.3. The molecule has 0 unspecified atom stereocenters. The van der Waals surface area contributed by atoms with Crippen LogP contribution in [0.15, 0.2) is 133 Å². The quantitative estimate of drug-likeness (QED) is 0.228. The monoisotopic (exact) mass is 617 g/mol. The molecule has 47 heavy (non-hydrogen) atoms. The van der Waals surface area contributed by atoms with E-state index in [1.54, 1.807) is 11.8 Å². The molecule has 1 saturated heterocycles. The molecule has 2 amide bonds. The van der Waals surface area contributed by atoms with E-state index in [1.165, 1.54) is 0 Å². The highest BCUT2D eigenvalue weighted by atomic mass is 16.2. The van der Waals surface area contributed by atoms with Crippen molar-refractivity contribution in [3.05, 3.63) is 167 Å². The largest absolute Gasteiger partial charge is 0.307 e. The highest BCUT2D eigenvalue weighted by molar-refractivity contribution is 6.17. The molecule has 0 aliphatic carbocycles. The summed E-state index contributed by atoms with van der Waals surface area (Å²) in [5.74, 6) is -1.62. The van der Waals surface area contributed by atoms with E-state index in [1.807, 2.05) is 145 Å². The van der Waals surface area contributed by atoms with Crippen LogP contribution in [0.25, 0.3) is 0 Å². The first-order valence-electron chi connectivity index (χ1n) is 16.1. The molecule has 3 heterocycles. The van der Waals surface area contributed by atoms with Crippen LogP contribution in [0.3, 0.4) is 0 Å². The van der Waals surface area contributed by atoms with Crippen molar-refractivity contribution >= 4 is 29.0 Å². The second kappa shape index (κ2) is 10.9. The van der Waals surface area contributed by atoms with Crippen LogP contribution in [-0.4, -0.2) is 17.6 Å². The number of benzene rings is 5. The van der Waals surface area contributed by atoms with Crippen LogP contribution in [0, 0.1) is 12.8 Å². The van der Waals surface area contributed by atoms with Crippen molar-refractivity contribution in [1.82, 2.24) is 5.32 Å². The fourth-order valence-corrected chi connectivity index (χ4v) is 8.52. The van der Waals surface area contributed by atoms with Gasteiger partial charge in [-0.15, -0.1) is 0 Å². The molecule has 0 aromatic heterocycles. The Morgan fingerprint density at radius 3 is 1.81 bits per heavy atom. The van der Waals surface area contributed by atoms with Gasteiger partial charge in [0.1, 0.15) is 16.7 Å². The Morgan fingerprint density at radius 1 is 0.660 bits per heavy atom. The van der Waals surface area contributed by atoms with Gasteiger partial charge in [0.05, 0.1) is 25.0 Å². The second-order valence-corrected chi connectivity index (χ2v) is 13.0. The Bertz CT molecular complexity index is 2030. The fourth-order valence-electron chi connectivity index (χ4n) is 8.52. The number of para-hydroxylation sites is 1. The molecule has 6 nitrogen and oxygen atoms in total. The zero-order valence-electron chi connectivity index (χ0n) is 26.4. The molecular weight excluding hydrogens is 582 g/mol. The molecule has 8 rings (SSSR count). The van der Waals surface area contributed by atoms with Crippen molar-refractivity contribution in [3.8, 4) is 0 Å². The molecule has 3 aliphatic rings. The molecule has 2 spiro atoms. The zero-order valence-corrected chi connectivity index (χ0v) is 26.4. The number of carbonyl (C=O) groups is 3. The van der Waals surface area contributed by atoms with Crippen molar-refractivity contribution in [3.63, 3.8) is 0 Å². The van der Waals surface area contributed by atoms with Crippen molar-refractivity contribution in [1.29, 1.82) is 0 Å². The van der Waals surface area contributed by atoms with E-state index in [2.05, 4.69) is 5.32 Å². The average Bonchev–Trinajstić information content (AvgIpc) is 3.64. The zero-order chi connectivity index (χ0) is 32.3. The van der Waals surface area contributed by atoms with Crippen molar-refractivity contribution in [2.45, 2.75) is 43.9 Å². The molecule has 0 bridgehead atoms. The number of nitrogens with zero attached hydrogens (tertiary/aromatic N) is 2. The molecule has 5 aromatic carbocycles. The van der Waals surface area contributed by atoms with Crippen molar-refractivity contribution in [2.75, 3.05) is 9.80 Å². The average molecular weight is 618 g/mol. The first-order chi connectivity index (χ1) is 22.9. The second-order valence-electron chi connectivity index (χ2n) is 13.0. The SMILES string of the molecule is CC(=O)[C@@H]1[C@]2(C(=O)N(Cc3ccccc3)c3ccccc32)[C@H](c2ccccc2)N[C@@]12C(=O)N(Cc1ccccc1)c1ccc(C)cc12. The molecule has 5 aromatic rings. The lowest BCUT2D eigenvalue weighted by Gasteiger charge is -2.37. The highest BCUT2D eigenvalue weighted by Crippen LogP contribution is 2.65. The number of anilines is 2. The molecule has 3 aliphatic heterocycles. The smallest absolute Gasteiger partial charge is 0.253 e. The van der Waals surface area contributed by atoms with Crippen LogP contribution in [0.5, 0.6) is 0 Å². The summed E-state index contributed by atoms with van der Waals surface area (Å²) < 4.78 is 0. The van der Waals surface area contributed by atoms with E-state index < -0.39 is 22.9 Å². The first-order valence-corrected chi connectivity index (χ1v) is 16.1. The minimum absolute atomic E-state index is 0.176. The number of amides is 2. The van der Waals surface area contributed by atoms with Crippen LogP contribution in [0.1, 0.15) is 46.3 Å². The number of aryl methyl sites for hydroxylation is 1. The molecule has 4 atom stereocenters. The van der Waals surface area contributed by atoms with E-state index in [4.69, 9.17) is 0 Å². The standard InChI is InChI=1S/C41H35N3O3/c1-27-22-23-35-33(24-27)41(39(47)44(35)26-30-16-8-4-9-17-30)36(28(2)45)40(37(42-41)31-18-10-5-11-19-31)32-20-12-13-21-34(32)43(38(40)46)25-29-14-6-3-7-15-29/h3-24,36-37,42H,25-26H2,1-2H3/t36-,37+,40+,41-/m1/s1. The van der Waals surface area contributed by atoms with Gasteiger partial charge in [-0.3, -0.25) is 19.7 Å². The van der Waals surface area contributed by atoms with E-state index >= 15 is 9.59 Å². The molecule has 6 heteroatoms. The Kier molecular flexibility index (Phi) is 6.74. The van der Waals surface area contributed by atoms with Gasteiger partial charge in [0.25, 0.3) is 5.91 Å². The number of fused-ring (bicyclic) bond motifs is 4. The number of Topliss-reactive ketones (excluding diaryl/α,β-unsaturated/α-hetero) is 1. The third kappa shape index (κ3) is 4.11. The predicted octanol–water partition coefficient (Wildman–Crippen LogP) is 6.77. The van der Waals surface area contributed by atoms with Gasteiger partial charge < -0.3 is 9.80 Å². The molecule has 1 fully saturated rings. The number of ketones is 1. The van der Waals surface area contributed by atoms with Crippen molar-refractivity contribution < 1.29 is 14.4 Å². The maximum Gasteiger partial charge on any atom is 0.253 e. The lowest BCUT2D eigenvalue weighted by Crippen LogP contribution is -2.56. The van der Waals surface area contributed by atoms with E-state index in [-0.39, 0.29) is 17.6 Å². The summed E-state index contributed by atoms with van der Waals surface area (Å²) >= 11 is 0. The number of carbonyl (C=O) groups excluding carboxylic acids is 3. The summed E-state index contributed by atoms with van der Waals surface area (Å²) in [5.41, 5.74) is 3.95. The Labute approximate surface area is 274 Å². The van der Waals surface area contributed by atoms with E-state index in [9.17, 15) is 4.79 Å². The fraction of sp³-hybridized carbons (Fsp3) is 0.195. The molecule has 1 N–H and O–H groups in total. The number of hydrogen-bond donors (Lipinski definition) is 1. The lowest BCUT2D eigenvalue weighted by atomic mass is 9.60. The van der Waals surface area contributed by atoms with Gasteiger partial charge >= 0.3 is 0 Å². The minimum atomic E-state index is -1.48. The van der Waals surface area contributed by atoms with Gasteiger partial charge in [-0.2, -0.15) is 0 Å². The topological polar surface area (TPSA) is 69.7 Å². The van der Waals surface area contributed by atoms with Gasteiger partial charge in [0.15, 0.2) is 0 Å². The number of nitrogens with one attached hydrogen (secondary N) is 1. The maximum atomic E-state index is 15.5. The molecule has 232 valence electrons. The first kappa shape index (κ1) is 29.1. The summed E-state index contributed by atoms with van der Waals surface area (Å²) in [7, 11) is 0. The number of rotatable bonds is 6. The summed E-state index contributed by atoms with van der Waals surface area (Å²) in [6.07, 6.45) is 0. The minimum Gasteiger partial charge on any atom is -0.307 e. The van der Waals surface area contributed by atoms with Gasteiger partial charge in [-0.05, 0) is 48.2 Å². The van der Waals surface area contributed by atoms with Gasteiger partial charge in [-0.25, -0.2) is 0 Å². The lowest BCUT2D eigenvalue weighted by molar-refractivity contribution is -0.137. The van der Waals surface area contributed by atoms with Crippen LogP contribution in [0.2, 0.25) is 0 Å². The van der Waals surface area contributed by atoms with Crippen LogP contribution in [0.4, 0.5) is 11.4 Å². The maximum absolute atomic E-state index is 15.5. The Morgan fingerprint density at radius 2 is 1.19 bits per heavy atom.